The third-order valence-corrected chi connectivity index (χ3v) is 6.71. The normalized spacial score (nSPS) is 24.1. The number of halogens is 1. The van der Waals surface area contributed by atoms with Crippen molar-refractivity contribution >= 4 is 39.8 Å². The third-order valence-electron chi connectivity index (χ3n) is 4.29. The summed E-state index contributed by atoms with van der Waals surface area (Å²) in [4.78, 5) is 12.9. The van der Waals surface area contributed by atoms with Gasteiger partial charge in [-0.15, -0.1) is 10.8 Å². The molecule has 1 amide bonds. The van der Waals surface area contributed by atoms with E-state index in [-0.39, 0.29) is 16.8 Å². The summed E-state index contributed by atoms with van der Waals surface area (Å²) in [7, 11) is -2.67. The number of nitriles is 1. The Morgan fingerprint density at radius 3 is 2.83 bits per heavy atom. The topological polar surface area (TPSA) is 120 Å². The SMILES string of the molecule is N#Cc1cc(NC(=O)O)c(Cl)c(N2CCN3C(CCS3(O)O)C2)c1. The second kappa shape index (κ2) is 6.31. The van der Waals surface area contributed by atoms with Crippen LogP contribution < -0.4 is 10.2 Å². The molecule has 2 saturated heterocycles. The summed E-state index contributed by atoms with van der Waals surface area (Å²) >= 11 is 6.33. The zero-order valence-corrected chi connectivity index (χ0v) is 14.2. The molecule has 1 aromatic carbocycles. The number of anilines is 2. The van der Waals surface area contributed by atoms with E-state index in [1.54, 1.807) is 10.4 Å². The van der Waals surface area contributed by atoms with Crippen molar-refractivity contribution < 1.29 is 19.0 Å². The summed E-state index contributed by atoms with van der Waals surface area (Å²) in [5.74, 6) is 0.364. The van der Waals surface area contributed by atoms with Crippen LogP contribution in [0.3, 0.4) is 0 Å². The van der Waals surface area contributed by atoms with Crippen LogP contribution in [0.1, 0.15) is 12.0 Å². The van der Waals surface area contributed by atoms with Gasteiger partial charge >= 0.3 is 6.09 Å². The van der Waals surface area contributed by atoms with Gasteiger partial charge < -0.3 is 10.0 Å². The van der Waals surface area contributed by atoms with Gasteiger partial charge in [-0.25, -0.2) is 4.79 Å². The van der Waals surface area contributed by atoms with E-state index in [1.165, 1.54) is 6.07 Å². The Labute approximate surface area is 145 Å². The van der Waals surface area contributed by atoms with E-state index in [9.17, 15) is 19.2 Å². The highest BCUT2D eigenvalue weighted by Gasteiger charge is 2.41. The molecule has 0 spiro atoms. The number of nitrogens with zero attached hydrogens (tertiary/aromatic N) is 3. The molecular formula is C14H17ClN4O4S. The molecule has 0 saturated carbocycles. The van der Waals surface area contributed by atoms with E-state index in [0.717, 1.165) is 0 Å². The number of carboxylic acid groups (broad SMARTS) is 1. The fourth-order valence-corrected chi connectivity index (χ4v) is 5.32. The molecule has 2 fully saturated rings. The molecule has 2 heterocycles. The summed E-state index contributed by atoms with van der Waals surface area (Å²) in [5.41, 5.74) is 1.04. The molecule has 2 aliphatic rings. The lowest BCUT2D eigenvalue weighted by Crippen LogP contribution is -2.50. The molecule has 2 aliphatic heterocycles. The zero-order valence-electron chi connectivity index (χ0n) is 12.6. The molecular weight excluding hydrogens is 356 g/mol. The molecule has 24 heavy (non-hydrogen) atoms. The highest BCUT2D eigenvalue weighted by atomic mass is 35.5. The molecule has 4 N–H and O–H groups in total. The first kappa shape index (κ1) is 17.1. The van der Waals surface area contributed by atoms with E-state index < -0.39 is 16.9 Å². The van der Waals surface area contributed by atoms with Gasteiger partial charge in [-0.1, -0.05) is 11.6 Å². The highest BCUT2D eigenvalue weighted by Crippen LogP contribution is 2.52. The maximum Gasteiger partial charge on any atom is 0.409 e. The van der Waals surface area contributed by atoms with Gasteiger partial charge in [0.1, 0.15) is 0 Å². The number of nitrogens with one attached hydrogen (secondary N) is 1. The molecule has 1 aromatic rings. The summed E-state index contributed by atoms with van der Waals surface area (Å²) in [6, 6.07) is 5.02. The van der Waals surface area contributed by atoms with Gasteiger partial charge in [0.25, 0.3) is 0 Å². The van der Waals surface area contributed by atoms with Crippen molar-refractivity contribution in [3.05, 3.63) is 22.7 Å². The minimum Gasteiger partial charge on any atom is -0.465 e. The van der Waals surface area contributed by atoms with Crippen LogP contribution in [0, 0.1) is 11.3 Å². The Morgan fingerprint density at radius 2 is 2.17 bits per heavy atom. The maximum absolute atomic E-state index is 10.9. The van der Waals surface area contributed by atoms with Crippen LogP contribution >= 0.6 is 22.4 Å². The number of amides is 1. The van der Waals surface area contributed by atoms with Crippen LogP contribution in [-0.4, -0.2) is 56.0 Å². The largest absolute Gasteiger partial charge is 0.465 e. The number of rotatable bonds is 2. The summed E-state index contributed by atoms with van der Waals surface area (Å²) in [5, 5.41) is 20.5. The minimum absolute atomic E-state index is 0.00133. The van der Waals surface area contributed by atoms with Gasteiger partial charge in [0.15, 0.2) is 0 Å². The fraction of sp³-hybridized carbons (Fsp3) is 0.429. The average Bonchev–Trinajstić information content (AvgIpc) is 2.84. The van der Waals surface area contributed by atoms with Gasteiger partial charge in [0, 0.05) is 25.7 Å². The average molecular weight is 373 g/mol. The van der Waals surface area contributed by atoms with Crippen molar-refractivity contribution in [2.75, 3.05) is 35.6 Å². The van der Waals surface area contributed by atoms with E-state index in [1.807, 2.05) is 11.0 Å². The standard InChI is InChI=1S/C14H17ClN4O4S/c15-13-11(17-14(20)21)5-9(7-16)6-12(13)18-2-3-19-10(8-18)1-4-24(19,22)23/h5-6,10,17,22-23H,1-4,8H2,(H,20,21). The molecule has 0 bridgehead atoms. The van der Waals surface area contributed by atoms with Crippen LogP contribution in [0.25, 0.3) is 0 Å². The predicted molar refractivity (Wildman–Crippen MR) is 92.9 cm³/mol. The van der Waals surface area contributed by atoms with E-state index >= 15 is 0 Å². The van der Waals surface area contributed by atoms with Crippen LogP contribution in [0.5, 0.6) is 0 Å². The summed E-state index contributed by atoms with van der Waals surface area (Å²) in [6.07, 6.45) is -0.582. The van der Waals surface area contributed by atoms with Crippen LogP contribution in [-0.2, 0) is 0 Å². The Morgan fingerprint density at radius 1 is 1.42 bits per heavy atom. The lowest BCUT2D eigenvalue weighted by atomic mass is 10.1. The minimum atomic E-state index is -2.67. The van der Waals surface area contributed by atoms with Crippen molar-refractivity contribution in [3.8, 4) is 6.07 Å². The third kappa shape index (κ3) is 3.11. The Balaban J connectivity index is 1.90. The number of fused-ring (bicyclic) bond motifs is 1. The fourth-order valence-electron chi connectivity index (χ4n) is 3.20. The van der Waals surface area contributed by atoms with E-state index in [2.05, 4.69) is 5.32 Å². The number of hydrogen-bond donors (Lipinski definition) is 4. The molecule has 8 nitrogen and oxygen atoms in total. The van der Waals surface area contributed by atoms with Gasteiger partial charge in [-0.05, 0) is 18.6 Å². The smallest absolute Gasteiger partial charge is 0.409 e. The first-order chi connectivity index (χ1) is 11.3. The van der Waals surface area contributed by atoms with Gasteiger partial charge in [-0.3, -0.25) is 14.4 Å². The monoisotopic (exact) mass is 372 g/mol. The van der Waals surface area contributed by atoms with Gasteiger partial charge in [0.2, 0.25) is 0 Å². The maximum atomic E-state index is 10.9. The molecule has 3 rings (SSSR count). The van der Waals surface area contributed by atoms with Crippen LogP contribution in [0.4, 0.5) is 16.2 Å². The second-order valence-electron chi connectivity index (χ2n) is 5.76. The Bertz CT molecular complexity index is 723. The van der Waals surface area contributed by atoms with E-state index in [0.29, 0.717) is 43.1 Å². The first-order valence-electron chi connectivity index (χ1n) is 7.33. The first-order valence-corrected chi connectivity index (χ1v) is 9.38. The Hall–Kier alpha value is -1.70. The lowest BCUT2D eigenvalue weighted by Gasteiger charge is -2.45. The highest BCUT2D eigenvalue weighted by molar-refractivity contribution is 8.22. The molecule has 0 radical (unpaired) electrons. The van der Waals surface area contributed by atoms with Crippen LogP contribution in [0.15, 0.2) is 12.1 Å². The van der Waals surface area contributed by atoms with Crippen molar-refractivity contribution in [2.24, 2.45) is 0 Å². The molecule has 1 atom stereocenters. The van der Waals surface area contributed by atoms with Gasteiger partial charge in [-0.2, -0.15) is 9.57 Å². The molecule has 0 aromatic heterocycles. The van der Waals surface area contributed by atoms with Crippen LogP contribution in [0.2, 0.25) is 5.02 Å². The number of benzene rings is 1. The summed E-state index contributed by atoms with van der Waals surface area (Å²) in [6.45, 7) is 1.52. The number of piperazine rings is 1. The number of carbonyl (C=O) groups is 1. The molecule has 0 aliphatic carbocycles. The Kier molecular flexibility index (Phi) is 4.50. The van der Waals surface area contributed by atoms with Crippen molar-refractivity contribution in [1.82, 2.24) is 4.31 Å². The van der Waals surface area contributed by atoms with Crippen molar-refractivity contribution in [2.45, 2.75) is 12.5 Å². The van der Waals surface area contributed by atoms with Crippen molar-refractivity contribution in [3.63, 3.8) is 0 Å². The molecule has 130 valence electrons. The summed E-state index contributed by atoms with van der Waals surface area (Å²) < 4.78 is 21.8. The van der Waals surface area contributed by atoms with Gasteiger partial charge in [0.05, 0.1) is 33.8 Å². The molecule has 1 unspecified atom stereocenters. The zero-order chi connectivity index (χ0) is 17.5. The van der Waals surface area contributed by atoms with Crippen molar-refractivity contribution in [1.29, 1.82) is 5.26 Å². The lowest BCUT2D eigenvalue weighted by molar-refractivity contribution is 0.209. The quantitative estimate of drug-likeness (QED) is 0.629. The molecule has 10 heteroatoms. The van der Waals surface area contributed by atoms with E-state index in [4.69, 9.17) is 16.7 Å². The number of hydrogen-bond acceptors (Lipinski definition) is 6. The predicted octanol–water partition coefficient (Wildman–Crippen LogP) is 2.86. The second-order valence-corrected chi connectivity index (χ2v) is 8.28.